The van der Waals surface area contributed by atoms with E-state index in [1.165, 1.54) is 5.56 Å². The van der Waals surface area contributed by atoms with Gasteiger partial charge in [0, 0.05) is 56.6 Å². The number of carbonyl (C=O) groups excluding carboxylic acids is 2. The molecule has 154 valence electrons. The van der Waals surface area contributed by atoms with E-state index >= 15 is 0 Å². The second-order valence-corrected chi connectivity index (χ2v) is 7.62. The molecule has 0 bridgehead atoms. The van der Waals surface area contributed by atoms with Crippen LogP contribution < -0.4 is 5.32 Å². The van der Waals surface area contributed by atoms with Crippen molar-refractivity contribution in [1.29, 1.82) is 0 Å². The van der Waals surface area contributed by atoms with E-state index in [2.05, 4.69) is 17.1 Å². The topological polar surface area (TPSA) is 67.9 Å². The molecule has 1 N–H and O–H groups in total. The lowest BCUT2D eigenvalue weighted by Gasteiger charge is -2.37. The van der Waals surface area contributed by atoms with E-state index in [-0.39, 0.29) is 30.6 Å². The SMILES string of the molecule is CCc1ccc(C(=O)CCC(=O)NCC(C2CCOC2)N2CCOCC2)cc1. The number of amides is 1. The molecule has 0 aromatic heterocycles. The highest BCUT2D eigenvalue weighted by molar-refractivity contribution is 5.97. The van der Waals surface area contributed by atoms with Gasteiger partial charge in [-0.3, -0.25) is 14.5 Å². The number of hydrogen-bond donors (Lipinski definition) is 1. The monoisotopic (exact) mass is 388 g/mol. The minimum atomic E-state index is -0.0595. The Morgan fingerprint density at radius 3 is 2.50 bits per heavy atom. The summed E-state index contributed by atoms with van der Waals surface area (Å²) in [5.74, 6) is 0.402. The summed E-state index contributed by atoms with van der Waals surface area (Å²) in [4.78, 5) is 27.1. The molecule has 1 aromatic carbocycles. The van der Waals surface area contributed by atoms with Crippen molar-refractivity contribution >= 4 is 11.7 Å². The number of nitrogens with zero attached hydrogens (tertiary/aromatic N) is 1. The maximum Gasteiger partial charge on any atom is 0.220 e. The average Bonchev–Trinajstić information content (AvgIpc) is 3.27. The Kier molecular flexibility index (Phi) is 8.01. The van der Waals surface area contributed by atoms with Crippen molar-refractivity contribution in [3.63, 3.8) is 0 Å². The normalized spacial score (nSPS) is 21.4. The molecule has 0 radical (unpaired) electrons. The van der Waals surface area contributed by atoms with Gasteiger partial charge in [0.05, 0.1) is 19.8 Å². The molecule has 2 unspecified atom stereocenters. The van der Waals surface area contributed by atoms with Crippen LogP contribution in [0.3, 0.4) is 0 Å². The molecule has 1 amide bonds. The van der Waals surface area contributed by atoms with Crippen LogP contribution in [0.25, 0.3) is 0 Å². The van der Waals surface area contributed by atoms with Gasteiger partial charge in [0.2, 0.25) is 5.91 Å². The van der Waals surface area contributed by atoms with Gasteiger partial charge in [-0.25, -0.2) is 0 Å². The first-order valence-electron chi connectivity index (χ1n) is 10.5. The summed E-state index contributed by atoms with van der Waals surface area (Å²) in [5, 5.41) is 3.05. The van der Waals surface area contributed by atoms with Crippen LogP contribution >= 0.6 is 0 Å². The molecule has 2 atom stereocenters. The number of carbonyl (C=O) groups is 2. The largest absolute Gasteiger partial charge is 0.381 e. The Balaban J connectivity index is 1.46. The van der Waals surface area contributed by atoms with E-state index in [0.717, 1.165) is 52.4 Å². The Morgan fingerprint density at radius 2 is 1.86 bits per heavy atom. The summed E-state index contributed by atoms with van der Waals surface area (Å²) >= 11 is 0. The van der Waals surface area contributed by atoms with Crippen molar-refractivity contribution in [3.8, 4) is 0 Å². The van der Waals surface area contributed by atoms with Gasteiger partial charge in [-0.2, -0.15) is 0 Å². The van der Waals surface area contributed by atoms with Crippen LogP contribution in [0, 0.1) is 5.92 Å². The third-order valence-electron chi connectivity index (χ3n) is 5.80. The highest BCUT2D eigenvalue weighted by Crippen LogP contribution is 2.22. The summed E-state index contributed by atoms with van der Waals surface area (Å²) in [5.41, 5.74) is 1.89. The molecule has 0 spiro atoms. The van der Waals surface area contributed by atoms with E-state index in [0.29, 0.717) is 18.0 Å². The fraction of sp³-hybridized carbons (Fsp3) is 0.636. The zero-order chi connectivity index (χ0) is 19.8. The van der Waals surface area contributed by atoms with Gasteiger partial charge in [0.25, 0.3) is 0 Å². The molecule has 28 heavy (non-hydrogen) atoms. The second kappa shape index (κ2) is 10.7. The number of nitrogens with one attached hydrogen (secondary N) is 1. The Labute approximate surface area is 167 Å². The van der Waals surface area contributed by atoms with Gasteiger partial charge in [-0.05, 0) is 18.4 Å². The fourth-order valence-corrected chi connectivity index (χ4v) is 3.96. The number of ketones is 1. The second-order valence-electron chi connectivity index (χ2n) is 7.62. The first-order chi connectivity index (χ1) is 13.7. The first-order valence-corrected chi connectivity index (χ1v) is 10.5. The number of ether oxygens (including phenoxy) is 2. The van der Waals surface area contributed by atoms with Crippen LogP contribution in [-0.4, -0.2) is 68.7 Å². The van der Waals surface area contributed by atoms with E-state index < -0.39 is 0 Å². The van der Waals surface area contributed by atoms with E-state index in [9.17, 15) is 9.59 Å². The van der Waals surface area contributed by atoms with Crippen molar-refractivity contribution in [1.82, 2.24) is 10.2 Å². The van der Waals surface area contributed by atoms with E-state index in [1.807, 2.05) is 24.3 Å². The van der Waals surface area contributed by atoms with Gasteiger partial charge in [0.1, 0.15) is 0 Å². The smallest absolute Gasteiger partial charge is 0.220 e. The third kappa shape index (κ3) is 5.87. The van der Waals surface area contributed by atoms with Crippen LogP contribution in [0.1, 0.15) is 42.1 Å². The van der Waals surface area contributed by atoms with Crippen LogP contribution in [0.4, 0.5) is 0 Å². The first kappa shape index (κ1) is 21.0. The lowest BCUT2D eigenvalue weighted by molar-refractivity contribution is -0.121. The molecule has 2 saturated heterocycles. The van der Waals surface area contributed by atoms with Crippen LogP contribution in [0.2, 0.25) is 0 Å². The number of hydrogen-bond acceptors (Lipinski definition) is 5. The molecule has 2 fully saturated rings. The summed E-state index contributed by atoms with van der Waals surface area (Å²) in [6.07, 6.45) is 2.45. The third-order valence-corrected chi connectivity index (χ3v) is 5.80. The predicted molar refractivity (Wildman–Crippen MR) is 108 cm³/mol. The standard InChI is InChI=1S/C22H32N2O4/c1-2-17-3-5-18(6-4-17)21(25)7-8-22(26)23-15-20(19-9-12-28-16-19)24-10-13-27-14-11-24/h3-6,19-20H,2,7-16H2,1H3,(H,23,26). The molecule has 2 aliphatic heterocycles. The van der Waals surface area contributed by atoms with Crippen molar-refractivity contribution in [2.24, 2.45) is 5.92 Å². The number of rotatable bonds is 9. The van der Waals surface area contributed by atoms with Gasteiger partial charge < -0.3 is 14.8 Å². The minimum absolute atomic E-state index is 0.0201. The van der Waals surface area contributed by atoms with Crippen molar-refractivity contribution in [2.45, 2.75) is 38.6 Å². The van der Waals surface area contributed by atoms with Crippen molar-refractivity contribution < 1.29 is 19.1 Å². The number of benzene rings is 1. The minimum Gasteiger partial charge on any atom is -0.381 e. The molecule has 1 aromatic rings. The summed E-state index contributed by atoms with van der Waals surface area (Å²) in [6.45, 7) is 7.50. The van der Waals surface area contributed by atoms with E-state index in [1.54, 1.807) is 0 Å². The Hall–Kier alpha value is -1.76. The molecule has 6 heteroatoms. The number of morpholine rings is 1. The summed E-state index contributed by atoms with van der Waals surface area (Å²) < 4.78 is 11.0. The van der Waals surface area contributed by atoms with Gasteiger partial charge in [-0.15, -0.1) is 0 Å². The van der Waals surface area contributed by atoms with Gasteiger partial charge in [0.15, 0.2) is 5.78 Å². The maximum absolute atomic E-state index is 12.3. The maximum atomic E-state index is 12.3. The van der Waals surface area contributed by atoms with Gasteiger partial charge in [-0.1, -0.05) is 31.2 Å². The molecular weight excluding hydrogens is 356 g/mol. The molecule has 6 nitrogen and oxygen atoms in total. The molecule has 3 rings (SSSR count). The van der Waals surface area contributed by atoms with Gasteiger partial charge >= 0.3 is 0 Å². The van der Waals surface area contributed by atoms with Crippen LogP contribution in [-0.2, 0) is 20.7 Å². The molecular formula is C22H32N2O4. The Bertz CT molecular complexity index is 634. The Morgan fingerprint density at radius 1 is 1.11 bits per heavy atom. The van der Waals surface area contributed by atoms with Crippen LogP contribution in [0.15, 0.2) is 24.3 Å². The number of aryl methyl sites for hydroxylation is 1. The molecule has 2 aliphatic rings. The molecule has 0 aliphatic carbocycles. The number of Topliss-reactive ketones (excluding diaryl/α,β-unsaturated/α-hetero) is 1. The highest BCUT2D eigenvalue weighted by atomic mass is 16.5. The zero-order valence-electron chi connectivity index (χ0n) is 16.8. The van der Waals surface area contributed by atoms with Crippen molar-refractivity contribution in [3.05, 3.63) is 35.4 Å². The summed E-state index contributed by atoms with van der Waals surface area (Å²) in [6, 6.07) is 7.93. The lowest BCUT2D eigenvalue weighted by Crippen LogP contribution is -2.52. The van der Waals surface area contributed by atoms with E-state index in [4.69, 9.17) is 9.47 Å². The lowest BCUT2D eigenvalue weighted by atomic mass is 9.96. The zero-order valence-corrected chi connectivity index (χ0v) is 16.8. The van der Waals surface area contributed by atoms with Crippen molar-refractivity contribution in [2.75, 3.05) is 46.1 Å². The fourth-order valence-electron chi connectivity index (χ4n) is 3.96. The van der Waals surface area contributed by atoms with Crippen LogP contribution in [0.5, 0.6) is 0 Å². The quantitative estimate of drug-likeness (QED) is 0.656. The molecule has 0 saturated carbocycles. The predicted octanol–water partition coefficient (Wildman–Crippen LogP) is 2.07. The highest BCUT2D eigenvalue weighted by Gasteiger charge is 2.31. The molecule has 2 heterocycles. The summed E-state index contributed by atoms with van der Waals surface area (Å²) in [7, 11) is 0. The average molecular weight is 389 g/mol.